The number of halogens is 2. The van der Waals surface area contributed by atoms with Gasteiger partial charge in [0.25, 0.3) is 0 Å². The zero-order valence-corrected chi connectivity index (χ0v) is 13.2. The van der Waals surface area contributed by atoms with E-state index < -0.39 is 23.8 Å². The molecule has 3 atom stereocenters. The molecule has 1 unspecified atom stereocenters. The van der Waals surface area contributed by atoms with Crippen molar-refractivity contribution >= 4 is 11.7 Å². The molecule has 0 aromatic heterocycles. The third kappa shape index (κ3) is 3.44. The van der Waals surface area contributed by atoms with Gasteiger partial charge in [-0.15, -0.1) is 0 Å². The summed E-state index contributed by atoms with van der Waals surface area (Å²) >= 11 is 0. The molecule has 2 saturated heterocycles. The molecule has 2 aliphatic heterocycles. The number of carbonyl (C=O) groups excluding carboxylic acids is 1. The number of urea groups is 1. The molecular formula is C16H21F2N3O3. The van der Waals surface area contributed by atoms with Crippen LogP contribution in [0.2, 0.25) is 0 Å². The van der Waals surface area contributed by atoms with Gasteiger partial charge in [-0.3, -0.25) is 0 Å². The highest BCUT2D eigenvalue weighted by Gasteiger charge is 2.32. The number of benzene rings is 1. The van der Waals surface area contributed by atoms with Gasteiger partial charge in [0.15, 0.2) is 0 Å². The third-order valence-electron chi connectivity index (χ3n) is 4.60. The van der Waals surface area contributed by atoms with E-state index in [9.17, 15) is 23.8 Å². The zero-order chi connectivity index (χ0) is 17.3. The van der Waals surface area contributed by atoms with E-state index in [4.69, 9.17) is 0 Å². The number of hydrogen-bond acceptors (Lipinski definition) is 4. The highest BCUT2D eigenvalue weighted by atomic mass is 19.1. The summed E-state index contributed by atoms with van der Waals surface area (Å²) in [6, 6.07) is 3.19. The monoisotopic (exact) mass is 341 g/mol. The largest absolute Gasteiger partial charge is 0.390 e. The summed E-state index contributed by atoms with van der Waals surface area (Å²) in [5.41, 5.74) is -0.0641. The van der Waals surface area contributed by atoms with Crippen LogP contribution in [-0.4, -0.2) is 65.6 Å². The topological polar surface area (TPSA) is 76.0 Å². The number of rotatable bonds is 2. The molecule has 3 rings (SSSR count). The molecule has 2 heterocycles. The molecule has 1 aromatic carbocycles. The van der Waals surface area contributed by atoms with Gasteiger partial charge in [0.05, 0.1) is 18.8 Å². The number of likely N-dealkylation sites (tertiary alicyclic amines) is 1. The lowest BCUT2D eigenvalue weighted by molar-refractivity contribution is -0.0278. The Morgan fingerprint density at radius 1 is 1.08 bits per heavy atom. The summed E-state index contributed by atoms with van der Waals surface area (Å²) in [6.45, 7) is 1.21. The quantitative estimate of drug-likeness (QED) is 0.739. The summed E-state index contributed by atoms with van der Waals surface area (Å²) in [5.74, 6) is -1.23. The summed E-state index contributed by atoms with van der Waals surface area (Å²) in [7, 11) is 0. The number of para-hydroxylation sites is 1. The average Bonchev–Trinajstić information content (AvgIpc) is 2.98. The number of carbonyl (C=O) groups is 1. The first kappa shape index (κ1) is 16.9. The number of amides is 2. The van der Waals surface area contributed by atoms with Crippen molar-refractivity contribution in [2.24, 2.45) is 0 Å². The smallest absolute Gasteiger partial charge is 0.317 e. The summed E-state index contributed by atoms with van der Waals surface area (Å²) < 4.78 is 27.7. The van der Waals surface area contributed by atoms with E-state index in [1.807, 2.05) is 0 Å². The maximum atomic E-state index is 13.8. The van der Waals surface area contributed by atoms with Gasteiger partial charge >= 0.3 is 6.03 Å². The van der Waals surface area contributed by atoms with E-state index in [1.54, 1.807) is 4.90 Å². The predicted octanol–water partition coefficient (Wildman–Crippen LogP) is 0.681. The lowest BCUT2D eigenvalue weighted by Crippen LogP contribution is -2.54. The number of β-amino-alcohol motifs (C(OH)–C–C–N with tert-alkyl or cyclic N) is 1. The van der Waals surface area contributed by atoms with Crippen LogP contribution in [0, 0.1) is 11.6 Å². The van der Waals surface area contributed by atoms with Crippen LogP contribution < -0.4 is 10.2 Å². The molecule has 1 aromatic rings. The first-order valence-electron chi connectivity index (χ1n) is 8.06. The van der Waals surface area contributed by atoms with Crippen molar-refractivity contribution in [3.63, 3.8) is 0 Å². The number of anilines is 1. The predicted molar refractivity (Wildman–Crippen MR) is 83.7 cm³/mol. The van der Waals surface area contributed by atoms with Crippen LogP contribution in [0.5, 0.6) is 0 Å². The maximum absolute atomic E-state index is 13.8. The second-order valence-electron chi connectivity index (χ2n) is 6.32. The number of hydrogen-bond donors (Lipinski definition) is 3. The third-order valence-corrected chi connectivity index (χ3v) is 4.60. The van der Waals surface area contributed by atoms with Crippen LogP contribution in [-0.2, 0) is 0 Å². The maximum Gasteiger partial charge on any atom is 0.317 e. The van der Waals surface area contributed by atoms with Crippen molar-refractivity contribution in [3.8, 4) is 0 Å². The van der Waals surface area contributed by atoms with Crippen LogP contribution in [0.4, 0.5) is 19.3 Å². The van der Waals surface area contributed by atoms with E-state index in [-0.39, 0.29) is 24.3 Å². The molecule has 2 fully saturated rings. The van der Waals surface area contributed by atoms with Crippen molar-refractivity contribution in [3.05, 3.63) is 29.8 Å². The van der Waals surface area contributed by atoms with Crippen molar-refractivity contribution < 1.29 is 23.8 Å². The lowest BCUT2D eigenvalue weighted by atomic mass is 10.1. The molecule has 132 valence electrons. The normalized spacial score (nSPS) is 27.4. The molecule has 24 heavy (non-hydrogen) atoms. The zero-order valence-electron chi connectivity index (χ0n) is 13.2. The molecule has 3 N–H and O–H groups in total. The Morgan fingerprint density at radius 2 is 1.79 bits per heavy atom. The second kappa shape index (κ2) is 6.90. The van der Waals surface area contributed by atoms with Crippen molar-refractivity contribution in [1.29, 1.82) is 0 Å². The number of nitrogens with zero attached hydrogens (tertiary/aromatic N) is 2. The van der Waals surface area contributed by atoms with Gasteiger partial charge in [-0.05, 0) is 25.0 Å². The van der Waals surface area contributed by atoms with E-state index in [2.05, 4.69) is 5.32 Å². The summed E-state index contributed by atoms with van der Waals surface area (Å²) in [6.07, 6.45) is -0.846. The Morgan fingerprint density at radius 3 is 2.46 bits per heavy atom. The molecular weight excluding hydrogens is 320 g/mol. The molecule has 6 nitrogen and oxygen atoms in total. The van der Waals surface area contributed by atoms with Crippen molar-refractivity contribution in [1.82, 2.24) is 10.2 Å². The highest BCUT2D eigenvalue weighted by Crippen LogP contribution is 2.26. The van der Waals surface area contributed by atoms with Gasteiger partial charge in [0.2, 0.25) is 0 Å². The minimum Gasteiger partial charge on any atom is -0.390 e. The number of aliphatic hydroxyl groups excluding tert-OH is 2. The Hall–Kier alpha value is -1.93. The van der Waals surface area contributed by atoms with Gasteiger partial charge in [-0.2, -0.15) is 0 Å². The fraction of sp³-hybridized carbons (Fsp3) is 0.562. The fourth-order valence-electron chi connectivity index (χ4n) is 3.24. The highest BCUT2D eigenvalue weighted by molar-refractivity contribution is 5.75. The lowest BCUT2D eigenvalue weighted by Gasteiger charge is -2.34. The van der Waals surface area contributed by atoms with Gasteiger partial charge in [-0.25, -0.2) is 13.6 Å². The van der Waals surface area contributed by atoms with Crippen LogP contribution in [0.3, 0.4) is 0 Å². The van der Waals surface area contributed by atoms with Crippen molar-refractivity contribution in [2.45, 2.75) is 31.1 Å². The minimum absolute atomic E-state index is 0.0641. The standard InChI is InChI=1S/C16H21F2N3O3/c17-11-2-1-3-12(18)15(11)20-6-4-10(8-20)19-16(24)21-7-5-13(22)14(23)9-21/h1-3,10,13-14,22-23H,4-9H2,(H,19,24)/t10?,13-,14+/m1/s1. The Balaban J connectivity index is 1.57. The van der Waals surface area contributed by atoms with Crippen LogP contribution in [0.25, 0.3) is 0 Å². The van der Waals surface area contributed by atoms with Crippen LogP contribution in [0.1, 0.15) is 12.8 Å². The Labute approximate surface area is 138 Å². The first-order chi connectivity index (χ1) is 11.5. The Kier molecular flexibility index (Phi) is 4.86. The van der Waals surface area contributed by atoms with Gasteiger partial charge in [0.1, 0.15) is 17.3 Å². The molecule has 8 heteroatoms. The fourth-order valence-corrected chi connectivity index (χ4v) is 3.24. The average molecular weight is 341 g/mol. The van der Waals surface area contributed by atoms with E-state index in [1.165, 1.54) is 23.1 Å². The number of piperidine rings is 1. The summed E-state index contributed by atoms with van der Waals surface area (Å²) in [4.78, 5) is 15.3. The Bertz CT molecular complexity index is 596. The molecule has 0 aliphatic carbocycles. The van der Waals surface area contributed by atoms with Crippen LogP contribution >= 0.6 is 0 Å². The SMILES string of the molecule is O=C(NC1CCN(c2c(F)cccc2F)C1)N1CC[C@@H](O)[C@@H](O)C1. The second-order valence-corrected chi connectivity index (χ2v) is 6.32. The van der Waals surface area contributed by atoms with E-state index in [0.717, 1.165) is 0 Å². The van der Waals surface area contributed by atoms with Gasteiger partial charge in [-0.1, -0.05) is 6.07 Å². The van der Waals surface area contributed by atoms with Gasteiger partial charge < -0.3 is 25.3 Å². The molecule has 2 amide bonds. The van der Waals surface area contributed by atoms with Crippen molar-refractivity contribution in [2.75, 3.05) is 31.1 Å². The number of nitrogens with one attached hydrogen (secondary N) is 1. The molecule has 0 radical (unpaired) electrons. The van der Waals surface area contributed by atoms with E-state index in [0.29, 0.717) is 32.5 Å². The molecule has 0 saturated carbocycles. The molecule has 0 spiro atoms. The first-order valence-corrected chi connectivity index (χ1v) is 8.06. The van der Waals surface area contributed by atoms with Gasteiger partial charge in [0, 0.05) is 25.7 Å². The number of aliphatic hydroxyl groups is 2. The minimum atomic E-state index is -0.947. The van der Waals surface area contributed by atoms with E-state index >= 15 is 0 Å². The molecule has 2 aliphatic rings. The van der Waals surface area contributed by atoms with Crippen LogP contribution in [0.15, 0.2) is 18.2 Å². The summed E-state index contributed by atoms with van der Waals surface area (Å²) in [5, 5.41) is 22.0. The molecule has 0 bridgehead atoms.